The van der Waals surface area contributed by atoms with E-state index in [0.717, 1.165) is 55.1 Å². The Labute approximate surface area is 232 Å². The minimum absolute atomic E-state index is 0.00982. The molecule has 1 spiro atoms. The summed E-state index contributed by atoms with van der Waals surface area (Å²) in [6.45, 7) is 5.52. The summed E-state index contributed by atoms with van der Waals surface area (Å²) in [5.41, 5.74) is -2.56. The topological polar surface area (TPSA) is 72.9 Å². The lowest BCUT2D eigenvalue weighted by atomic mass is 9.89. The van der Waals surface area contributed by atoms with E-state index in [9.17, 15) is 27.9 Å². The molecule has 1 unspecified atom stereocenters. The van der Waals surface area contributed by atoms with Crippen molar-refractivity contribution in [2.75, 3.05) is 31.6 Å². The molecule has 2 atom stereocenters. The summed E-state index contributed by atoms with van der Waals surface area (Å²) in [5.74, 6) is -1.26. The number of alkyl halides is 3. The molecule has 0 radical (unpaired) electrons. The Balaban J connectivity index is 1.32. The van der Waals surface area contributed by atoms with E-state index in [1.54, 1.807) is 6.07 Å². The van der Waals surface area contributed by atoms with Crippen molar-refractivity contribution in [2.24, 2.45) is 11.3 Å². The number of carbonyl (C=O) groups is 2. The van der Waals surface area contributed by atoms with E-state index in [1.165, 1.54) is 25.2 Å². The van der Waals surface area contributed by atoms with Crippen molar-refractivity contribution in [2.45, 2.75) is 57.3 Å². The Bertz CT molecular complexity index is 1200. The molecular weight excluding hydrogens is 531 g/mol. The van der Waals surface area contributed by atoms with Gasteiger partial charge in [-0.3, -0.25) is 9.59 Å². The molecule has 2 fully saturated rings. The first-order valence-corrected chi connectivity index (χ1v) is 13.6. The average molecular weight is 566 g/mol. The zero-order valence-electron chi connectivity index (χ0n) is 22.4. The highest BCUT2D eigenvalue weighted by Gasteiger charge is 2.62. The first kappa shape index (κ1) is 29.2. The number of piperidine rings is 1. The number of aliphatic hydroxyl groups is 1. The van der Waals surface area contributed by atoms with Crippen LogP contribution in [0.3, 0.4) is 0 Å². The standard InChI is InChI=1S/C29H35ClF3N3O3/c1-19(2)34-25(37)23-10-9-22(17-24(23)30)36-15-12-27(13-16-36)18-21(27)11-14-35(3)26(38)28(39,29(31,32)33)20-7-5-4-6-8-20/h4-10,17,19,21,39H,11-16,18H2,1-3H3,(H,34,37)/t21-,28?/m1/s1. The van der Waals surface area contributed by atoms with Crippen LogP contribution in [0.1, 0.15) is 55.5 Å². The second-order valence-corrected chi connectivity index (χ2v) is 11.5. The largest absolute Gasteiger partial charge is 0.430 e. The smallest absolute Gasteiger partial charge is 0.371 e. The van der Waals surface area contributed by atoms with Crippen molar-refractivity contribution in [1.29, 1.82) is 0 Å². The van der Waals surface area contributed by atoms with Crippen LogP contribution >= 0.6 is 11.6 Å². The predicted octanol–water partition coefficient (Wildman–Crippen LogP) is 5.38. The van der Waals surface area contributed by atoms with Gasteiger partial charge in [-0.1, -0.05) is 41.9 Å². The lowest BCUT2D eigenvalue weighted by Gasteiger charge is -2.35. The van der Waals surface area contributed by atoms with Gasteiger partial charge in [0.2, 0.25) is 0 Å². The summed E-state index contributed by atoms with van der Waals surface area (Å²) < 4.78 is 41.6. The first-order valence-electron chi connectivity index (χ1n) is 13.2. The van der Waals surface area contributed by atoms with Crippen LogP contribution in [0, 0.1) is 11.3 Å². The molecule has 10 heteroatoms. The Hall–Kier alpha value is -2.78. The molecule has 2 aromatic rings. The van der Waals surface area contributed by atoms with Gasteiger partial charge in [-0.25, -0.2) is 0 Å². The van der Waals surface area contributed by atoms with E-state index in [4.69, 9.17) is 11.6 Å². The molecule has 4 rings (SSSR count). The van der Waals surface area contributed by atoms with E-state index in [-0.39, 0.29) is 23.9 Å². The van der Waals surface area contributed by atoms with Crippen LogP contribution in [-0.2, 0) is 10.4 Å². The summed E-state index contributed by atoms with van der Waals surface area (Å²) in [6.07, 6.45) is -1.73. The molecule has 2 aliphatic rings. The quantitative estimate of drug-likeness (QED) is 0.451. The maximum atomic E-state index is 13.9. The number of likely N-dealkylation sites (N-methyl/N-ethyl adjacent to an activating group) is 1. The normalized spacial score (nSPS) is 20.0. The molecule has 0 aromatic heterocycles. The van der Waals surface area contributed by atoms with Crippen molar-refractivity contribution in [3.8, 4) is 0 Å². The highest BCUT2D eigenvalue weighted by atomic mass is 35.5. The van der Waals surface area contributed by atoms with Crippen LogP contribution in [0.15, 0.2) is 48.5 Å². The van der Waals surface area contributed by atoms with E-state index < -0.39 is 23.2 Å². The molecule has 39 heavy (non-hydrogen) atoms. The number of halogens is 4. The number of rotatable bonds is 8. The molecule has 1 heterocycles. The zero-order valence-corrected chi connectivity index (χ0v) is 23.1. The maximum Gasteiger partial charge on any atom is 0.430 e. The molecule has 1 aliphatic carbocycles. The van der Waals surface area contributed by atoms with E-state index in [0.29, 0.717) is 22.9 Å². The van der Waals surface area contributed by atoms with Crippen LogP contribution in [0.25, 0.3) is 0 Å². The minimum Gasteiger partial charge on any atom is -0.371 e. The van der Waals surface area contributed by atoms with Crippen LogP contribution in [0.4, 0.5) is 18.9 Å². The number of anilines is 1. The van der Waals surface area contributed by atoms with Gasteiger partial charge in [0.1, 0.15) is 0 Å². The maximum absolute atomic E-state index is 13.9. The van der Waals surface area contributed by atoms with Gasteiger partial charge in [-0.15, -0.1) is 0 Å². The summed E-state index contributed by atoms with van der Waals surface area (Å²) >= 11 is 6.41. The molecule has 1 saturated carbocycles. The summed E-state index contributed by atoms with van der Waals surface area (Å²) in [6, 6.07) is 12.0. The van der Waals surface area contributed by atoms with Crippen molar-refractivity contribution >= 4 is 29.1 Å². The first-order chi connectivity index (χ1) is 18.3. The fraction of sp³-hybridized carbons (Fsp3) is 0.517. The Morgan fingerprint density at radius 3 is 2.36 bits per heavy atom. The predicted molar refractivity (Wildman–Crippen MR) is 145 cm³/mol. The van der Waals surface area contributed by atoms with Crippen LogP contribution < -0.4 is 10.2 Å². The van der Waals surface area contributed by atoms with Crippen molar-refractivity contribution in [3.05, 3.63) is 64.7 Å². The van der Waals surface area contributed by atoms with Gasteiger partial charge in [0.25, 0.3) is 17.4 Å². The highest BCUT2D eigenvalue weighted by molar-refractivity contribution is 6.34. The lowest BCUT2D eigenvalue weighted by Crippen LogP contribution is -2.55. The number of nitrogens with one attached hydrogen (secondary N) is 1. The van der Waals surface area contributed by atoms with Gasteiger partial charge in [-0.2, -0.15) is 13.2 Å². The minimum atomic E-state index is -5.15. The molecule has 6 nitrogen and oxygen atoms in total. The molecule has 2 N–H and O–H groups in total. The molecule has 1 saturated heterocycles. The Kier molecular flexibility index (Phi) is 8.24. The molecule has 2 aromatic carbocycles. The van der Waals surface area contributed by atoms with Gasteiger partial charge in [-0.05, 0) is 69.1 Å². The Morgan fingerprint density at radius 2 is 1.79 bits per heavy atom. The third kappa shape index (κ3) is 5.89. The fourth-order valence-corrected chi connectivity index (χ4v) is 5.96. The second kappa shape index (κ2) is 11.0. The summed E-state index contributed by atoms with van der Waals surface area (Å²) in [5, 5.41) is 13.8. The summed E-state index contributed by atoms with van der Waals surface area (Å²) in [4.78, 5) is 28.4. The van der Waals surface area contributed by atoms with Gasteiger partial charge < -0.3 is 20.2 Å². The third-order valence-corrected chi connectivity index (χ3v) is 8.48. The number of nitrogens with zero attached hydrogens (tertiary/aromatic N) is 2. The molecule has 2 amide bonds. The van der Waals surface area contributed by atoms with Crippen molar-refractivity contribution < 1.29 is 27.9 Å². The monoisotopic (exact) mass is 565 g/mol. The van der Waals surface area contributed by atoms with Crippen LogP contribution in [0.5, 0.6) is 0 Å². The average Bonchev–Trinajstić information content (AvgIpc) is 3.57. The summed E-state index contributed by atoms with van der Waals surface area (Å²) in [7, 11) is 1.31. The SMILES string of the molecule is CC(C)NC(=O)c1ccc(N2CCC3(CC2)C[C@H]3CCN(C)C(=O)C(O)(c2ccccc2)C(F)(F)F)cc1Cl. The van der Waals surface area contributed by atoms with Crippen molar-refractivity contribution in [1.82, 2.24) is 10.2 Å². The molecule has 0 bridgehead atoms. The zero-order chi connectivity index (χ0) is 28.6. The molecule has 212 valence electrons. The third-order valence-electron chi connectivity index (χ3n) is 8.17. The number of hydrogen-bond donors (Lipinski definition) is 2. The highest BCUT2D eigenvalue weighted by Crippen LogP contribution is 2.61. The number of benzene rings is 2. The van der Waals surface area contributed by atoms with Gasteiger partial charge in [0, 0.05) is 44.0 Å². The van der Waals surface area contributed by atoms with E-state index >= 15 is 0 Å². The van der Waals surface area contributed by atoms with Crippen molar-refractivity contribution in [3.63, 3.8) is 0 Å². The number of hydrogen-bond acceptors (Lipinski definition) is 4. The lowest BCUT2D eigenvalue weighted by molar-refractivity contribution is -0.261. The van der Waals surface area contributed by atoms with E-state index in [2.05, 4.69) is 10.2 Å². The number of amides is 2. The molecule has 1 aliphatic heterocycles. The van der Waals surface area contributed by atoms with Gasteiger partial charge >= 0.3 is 6.18 Å². The fourth-order valence-electron chi connectivity index (χ4n) is 5.70. The van der Waals surface area contributed by atoms with Crippen LogP contribution in [-0.4, -0.2) is 60.7 Å². The van der Waals surface area contributed by atoms with Gasteiger partial charge in [0.15, 0.2) is 0 Å². The van der Waals surface area contributed by atoms with Crippen LogP contribution in [0.2, 0.25) is 5.02 Å². The molecular formula is C29H35ClF3N3O3. The second-order valence-electron chi connectivity index (χ2n) is 11.1. The number of carbonyl (C=O) groups excluding carboxylic acids is 2. The van der Waals surface area contributed by atoms with E-state index in [1.807, 2.05) is 26.0 Å². The Morgan fingerprint density at radius 1 is 1.15 bits per heavy atom. The van der Waals surface area contributed by atoms with Gasteiger partial charge in [0.05, 0.1) is 10.6 Å².